The van der Waals surface area contributed by atoms with Gasteiger partial charge >= 0.3 is 0 Å². The first-order valence-corrected chi connectivity index (χ1v) is 10.0. The molecule has 0 bridgehead atoms. The Morgan fingerprint density at radius 1 is 1.22 bits per heavy atom. The van der Waals surface area contributed by atoms with Crippen LogP contribution in [0.2, 0.25) is 0 Å². The van der Waals surface area contributed by atoms with E-state index in [0.29, 0.717) is 16.4 Å². The zero-order valence-electron chi connectivity index (χ0n) is 13.9. The molecule has 1 heterocycles. The van der Waals surface area contributed by atoms with Gasteiger partial charge in [-0.25, -0.2) is 13.4 Å². The Morgan fingerprint density at radius 2 is 1.87 bits per heavy atom. The number of hydrogen-bond donors (Lipinski definition) is 1. The highest BCUT2D eigenvalue weighted by molar-refractivity contribution is 7.91. The summed E-state index contributed by atoms with van der Waals surface area (Å²) in [5, 5.41) is 3.88. The number of rotatable bonds is 6. The molecule has 1 aromatic carbocycles. The van der Waals surface area contributed by atoms with Crippen molar-refractivity contribution in [1.29, 1.82) is 0 Å². The maximum absolute atomic E-state index is 12.5. The Bertz CT molecular complexity index is 734. The SMILES string of the molecule is CCC(CS(=O)(=O)c1ccccc1)Nc1nc(C(C)(C)C)ns1. The predicted octanol–water partition coefficient (Wildman–Crippen LogP) is 3.50. The molecule has 2 rings (SSSR count). The number of anilines is 1. The van der Waals surface area contributed by atoms with Gasteiger partial charge in [0.2, 0.25) is 5.13 Å². The summed E-state index contributed by atoms with van der Waals surface area (Å²) in [7, 11) is -3.32. The lowest BCUT2D eigenvalue weighted by Gasteiger charge is -2.16. The lowest BCUT2D eigenvalue weighted by atomic mass is 9.96. The second-order valence-corrected chi connectivity index (χ2v) is 9.30. The zero-order chi connectivity index (χ0) is 17.1. The van der Waals surface area contributed by atoms with E-state index >= 15 is 0 Å². The van der Waals surface area contributed by atoms with Gasteiger partial charge in [0.15, 0.2) is 9.84 Å². The molecule has 0 aliphatic carbocycles. The van der Waals surface area contributed by atoms with Crippen LogP contribution in [0.3, 0.4) is 0 Å². The molecule has 1 N–H and O–H groups in total. The van der Waals surface area contributed by atoms with Crippen LogP contribution in [0.25, 0.3) is 0 Å². The van der Waals surface area contributed by atoms with Gasteiger partial charge in [-0.1, -0.05) is 45.9 Å². The quantitative estimate of drug-likeness (QED) is 0.860. The van der Waals surface area contributed by atoms with Gasteiger partial charge in [-0.05, 0) is 18.6 Å². The Hall–Kier alpha value is -1.47. The fourth-order valence-electron chi connectivity index (χ4n) is 2.01. The van der Waals surface area contributed by atoms with Crippen LogP contribution in [0.5, 0.6) is 0 Å². The Labute approximate surface area is 142 Å². The molecule has 0 spiro atoms. The van der Waals surface area contributed by atoms with Crippen LogP contribution in [0, 0.1) is 0 Å². The summed E-state index contributed by atoms with van der Waals surface area (Å²) >= 11 is 1.27. The lowest BCUT2D eigenvalue weighted by molar-refractivity contribution is 0.554. The molecule has 23 heavy (non-hydrogen) atoms. The zero-order valence-corrected chi connectivity index (χ0v) is 15.5. The molecule has 0 saturated carbocycles. The van der Waals surface area contributed by atoms with E-state index in [2.05, 4.69) is 35.4 Å². The third-order valence-corrected chi connectivity index (χ3v) is 5.92. The van der Waals surface area contributed by atoms with E-state index in [1.54, 1.807) is 24.3 Å². The molecule has 126 valence electrons. The first-order valence-electron chi connectivity index (χ1n) is 7.61. The summed E-state index contributed by atoms with van der Waals surface area (Å²) in [6.07, 6.45) is 0.691. The highest BCUT2D eigenvalue weighted by Gasteiger charge is 2.23. The summed E-state index contributed by atoms with van der Waals surface area (Å²) < 4.78 is 29.3. The van der Waals surface area contributed by atoms with Gasteiger partial charge in [0.05, 0.1) is 10.6 Å². The summed E-state index contributed by atoms with van der Waals surface area (Å²) in [6, 6.07) is 8.35. The topological polar surface area (TPSA) is 72.0 Å². The number of sulfone groups is 1. The van der Waals surface area contributed by atoms with E-state index in [1.807, 2.05) is 13.0 Å². The molecule has 0 radical (unpaired) electrons. The van der Waals surface area contributed by atoms with Gasteiger partial charge in [0.25, 0.3) is 0 Å². The number of nitrogens with zero attached hydrogens (tertiary/aromatic N) is 2. The number of nitrogens with one attached hydrogen (secondary N) is 1. The average molecular weight is 354 g/mol. The molecule has 1 unspecified atom stereocenters. The minimum Gasteiger partial charge on any atom is -0.357 e. The van der Waals surface area contributed by atoms with E-state index in [4.69, 9.17) is 0 Å². The van der Waals surface area contributed by atoms with Crippen molar-refractivity contribution >= 4 is 26.5 Å². The van der Waals surface area contributed by atoms with Crippen molar-refractivity contribution in [2.24, 2.45) is 0 Å². The minimum atomic E-state index is -3.32. The summed E-state index contributed by atoms with van der Waals surface area (Å²) in [5.41, 5.74) is -0.117. The molecule has 7 heteroatoms. The van der Waals surface area contributed by atoms with Crippen molar-refractivity contribution in [2.45, 2.75) is 50.5 Å². The molecular weight excluding hydrogens is 330 g/mol. The van der Waals surface area contributed by atoms with Crippen molar-refractivity contribution in [3.8, 4) is 0 Å². The third-order valence-electron chi connectivity index (χ3n) is 3.44. The third kappa shape index (κ3) is 4.75. The van der Waals surface area contributed by atoms with Crippen molar-refractivity contribution in [2.75, 3.05) is 11.1 Å². The van der Waals surface area contributed by atoms with Crippen molar-refractivity contribution < 1.29 is 8.42 Å². The van der Waals surface area contributed by atoms with Crippen LogP contribution >= 0.6 is 11.5 Å². The Balaban J connectivity index is 2.10. The molecule has 5 nitrogen and oxygen atoms in total. The molecule has 0 fully saturated rings. The first kappa shape index (κ1) is 17.9. The second kappa shape index (κ2) is 6.97. The Morgan fingerprint density at radius 3 is 2.39 bits per heavy atom. The molecule has 0 aliphatic heterocycles. The smallest absolute Gasteiger partial charge is 0.202 e. The van der Waals surface area contributed by atoms with Gasteiger partial charge < -0.3 is 5.32 Å². The van der Waals surface area contributed by atoms with Gasteiger partial charge in [0.1, 0.15) is 5.82 Å². The molecule has 0 aliphatic rings. The predicted molar refractivity (Wildman–Crippen MR) is 94.8 cm³/mol. The van der Waals surface area contributed by atoms with Crippen LogP contribution in [0.1, 0.15) is 39.9 Å². The van der Waals surface area contributed by atoms with Crippen LogP contribution < -0.4 is 5.32 Å². The van der Waals surface area contributed by atoms with E-state index in [-0.39, 0.29) is 17.2 Å². The van der Waals surface area contributed by atoms with Crippen molar-refractivity contribution in [1.82, 2.24) is 9.36 Å². The maximum atomic E-state index is 12.5. The van der Waals surface area contributed by atoms with Crippen LogP contribution in [0.15, 0.2) is 35.2 Å². The van der Waals surface area contributed by atoms with Crippen LogP contribution in [0.4, 0.5) is 5.13 Å². The number of aromatic nitrogens is 2. The van der Waals surface area contributed by atoms with E-state index < -0.39 is 9.84 Å². The molecule has 1 aromatic heterocycles. The lowest BCUT2D eigenvalue weighted by Crippen LogP contribution is -2.28. The van der Waals surface area contributed by atoms with Crippen molar-refractivity contribution in [3.63, 3.8) is 0 Å². The number of benzene rings is 1. The monoisotopic (exact) mass is 353 g/mol. The normalized spacial score (nSPS) is 13.7. The molecular formula is C16H23N3O2S2. The summed E-state index contributed by atoms with van der Waals surface area (Å²) in [6.45, 7) is 8.12. The van der Waals surface area contributed by atoms with Gasteiger partial charge in [0, 0.05) is 23.0 Å². The Kier molecular flexibility index (Phi) is 5.41. The van der Waals surface area contributed by atoms with Gasteiger partial charge in [-0.2, -0.15) is 4.37 Å². The van der Waals surface area contributed by atoms with Crippen molar-refractivity contribution in [3.05, 3.63) is 36.2 Å². The highest BCUT2D eigenvalue weighted by atomic mass is 32.2. The highest BCUT2D eigenvalue weighted by Crippen LogP contribution is 2.24. The first-order chi connectivity index (χ1) is 10.7. The van der Waals surface area contributed by atoms with E-state index in [9.17, 15) is 8.42 Å². The van der Waals surface area contributed by atoms with Crippen LogP contribution in [-0.2, 0) is 15.3 Å². The fraction of sp³-hybridized carbons (Fsp3) is 0.500. The van der Waals surface area contributed by atoms with Gasteiger partial charge in [-0.15, -0.1) is 0 Å². The molecule has 2 aromatic rings. The average Bonchev–Trinajstić information content (AvgIpc) is 2.96. The van der Waals surface area contributed by atoms with Gasteiger partial charge in [-0.3, -0.25) is 0 Å². The van der Waals surface area contributed by atoms with E-state index in [0.717, 1.165) is 5.82 Å². The number of hydrogen-bond acceptors (Lipinski definition) is 6. The standard InChI is InChI=1S/C16H23N3O2S2/c1-5-12(11-23(20,21)13-9-7-6-8-10-13)17-15-18-14(19-22-15)16(2,3)4/h6-10,12H,5,11H2,1-4H3,(H,17,18,19). The fourth-order valence-corrected chi connectivity index (χ4v) is 4.46. The minimum absolute atomic E-state index is 0.0396. The largest absolute Gasteiger partial charge is 0.357 e. The molecule has 1 atom stereocenters. The summed E-state index contributed by atoms with van der Waals surface area (Å²) in [4.78, 5) is 4.83. The molecule has 0 amide bonds. The summed E-state index contributed by atoms with van der Waals surface area (Å²) in [5.74, 6) is 0.809. The maximum Gasteiger partial charge on any atom is 0.202 e. The van der Waals surface area contributed by atoms with E-state index in [1.165, 1.54) is 11.5 Å². The second-order valence-electron chi connectivity index (χ2n) is 6.52. The van der Waals surface area contributed by atoms with Crippen LogP contribution in [-0.4, -0.2) is 29.6 Å². The molecule has 0 saturated heterocycles.